The number of nitriles is 1. The maximum Gasteiger partial charge on any atom is 0.266 e. The van der Waals surface area contributed by atoms with Gasteiger partial charge in [-0.2, -0.15) is 5.26 Å². The first-order valence-corrected chi connectivity index (χ1v) is 11.5. The summed E-state index contributed by atoms with van der Waals surface area (Å²) in [4.78, 5) is 12.5. The fourth-order valence-electron chi connectivity index (χ4n) is 2.77. The third kappa shape index (κ3) is 6.20. The molecule has 0 radical (unpaired) electrons. The minimum absolute atomic E-state index is 0.00478. The van der Waals surface area contributed by atoms with Crippen LogP contribution in [0.4, 0.5) is 10.1 Å². The lowest BCUT2D eigenvalue weighted by molar-refractivity contribution is -0.112. The molecule has 0 spiro atoms. The molecule has 0 aliphatic heterocycles. The molecule has 1 N–H and O–H groups in total. The monoisotopic (exact) mass is 654 g/mol. The molecule has 0 unspecified atom stereocenters. The number of rotatable bonds is 7. The van der Waals surface area contributed by atoms with Crippen LogP contribution < -0.4 is 14.8 Å². The highest BCUT2D eigenvalue weighted by molar-refractivity contribution is 14.1. The highest BCUT2D eigenvalue weighted by Crippen LogP contribution is 2.35. The molecular formula is C24H17FI2N2O3. The van der Waals surface area contributed by atoms with Gasteiger partial charge in [0.1, 0.15) is 24.1 Å². The molecule has 0 bridgehead atoms. The van der Waals surface area contributed by atoms with Crippen LogP contribution in [0.1, 0.15) is 11.1 Å². The van der Waals surface area contributed by atoms with Gasteiger partial charge in [-0.3, -0.25) is 4.79 Å². The van der Waals surface area contributed by atoms with Gasteiger partial charge in [0.15, 0.2) is 11.5 Å². The number of anilines is 1. The first-order chi connectivity index (χ1) is 15.4. The Bertz CT molecular complexity index is 1200. The maximum atomic E-state index is 13.8. The largest absolute Gasteiger partial charge is 0.493 e. The minimum atomic E-state index is -0.703. The smallest absolute Gasteiger partial charge is 0.266 e. The number of para-hydroxylation sites is 1. The number of nitrogens with one attached hydrogen (secondary N) is 1. The number of halogens is 3. The van der Waals surface area contributed by atoms with E-state index in [1.807, 2.05) is 30.3 Å². The fourth-order valence-corrected chi connectivity index (χ4v) is 3.91. The van der Waals surface area contributed by atoms with Gasteiger partial charge < -0.3 is 14.8 Å². The highest BCUT2D eigenvalue weighted by atomic mass is 127. The number of benzene rings is 3. The second-order valence-electron chi connectivity index (χ2n) is 6.55. The number of methoxy groups -OCH3 is 1. The lowest BCUT2D eigenvalue weighted by Crippen LogP contribution is -2.14. The molecule has 1 amide bonds. The maximum absolute atomic E-state index is 13.8. The van der Waals surface area contributed by atoms with Crippen LogP contribution in [0.15, 0.2) is 66.2 Å². The van der Waals surface area contributed by atoms with E-state index in [2.05, 4.69) is 50.5 Å². The second kappa shape index (κ2) is 11.3. The van der Waals surface area contributed by atoms with Crippen molar-refractivity contribution in [2.45, 2.75) is 6.61 Å². The lowest BCUT2D eigenvalue weighted by Gasteiger charge is -2.14. The summed E-state index contributed by atoms with van der Waals surface area (Å²) in [6.07, 6.45) is 1.42. The molecule has 0 aromatic heterocycles. The van der Waals surface area contributed by atoms with E-state index >= 15 is 0 Å². The van der Waals surface area contributed by atoms with Crippen molar-refractivity contribution < 1.29 is 18.7 Å². The molecule has 0 saturated heterocycles. The number of hydrogen-bond donors (Lipinski definition) is 1. The Morgan fingerprint density at radius 1 is 1.16 bits per heavy atom. The summed E-state index contributed by atoms with van der Waals surface area (Å²) in [7, 11) is 1.52. The predicted octanol–water partition coefficient (Wildman–Crippen LogP) is 6.17. The van der Waals surface area contributed by atoms with Crippen molar-refractivity contribution in [3.63, 3.8) is 0 Å². The molecule has 162 valence electrons. The van der Waals surface area contributed by atoms with Gasteiger partial charge in [0.05, 0.1) is 16.4 Å². The summed E-state index contributed by atoms with van der Waals surface area (Å²) in [6, 6.07) is 19.1. The van der Waals surface area contributed by atoms with E-state index in [0.717, 1.165) is 12.7 Å². The van der Waals surface area contributed by atoms with Crippen LogP contribution in [0.2, 0.25) is 0 Å². The highest BCUT2D eigenvalue weighted by Gasteiger charge is 2.15. The van der Waals surface area contributed by atoms with E-state index in [-0.39, 0.29) is 11.3 Å². The minimum Gasteiger partial charge on any atom is -0.493 e. The van der Waals surface area contributed by atoms with E-state index in [4.69, 9.17) is 9.47 Å². The summed E-state index contributed by atoms with van der Waals surface area (Å²) in [5.41, 5.74) is 1.43. The van der Waals surface area contributed by atoms with Crippen molar-refractivity contribution in [3.8, 4) is 17.6 Å². The van der Waals surface area contributed by atoms with Crippen molar-refractivity contribution in [3.05, 3.63) is 90.3 Å². The molecule has 32 heavy (non-hydrogen) atoms. The van der Waals surface area contributed by atoms with Crippen molar-refractivity contribution >= 4 is 62.9 Å². The van der Waals surface area contributed by atoms with Crippen molar-refractivity contribution in [2.75, 3.05) is 12.4 Å². The van der Waals surface area contributed by atoms with Gasteiger partial charge >= 0.3 is 0 Å². The summed E-state index contributed by atoms with van der Waals surface area (Å²) >= 11 is 4.36. The second-order valence-corrected chi connectivity index (χ2v) is 8.96. The van der Waals surface area contributed by atoms with E-state index in [9.17, 15) is 14.4 Å². The topological polar surface area (TPSA) is 71.3 Å². The van der Waals surface area contributed by atoms with Crippen LogP contribution in [0, 0.1) is 24.3 Å². The molecule has 3 aromatic carbocycles. The lowest BCUT2D eigenvalue weighted by atomic mass is 10.1. The van der Waals surface area contributed by atoms with Gasteiger partial charge in [-0.25, -0.2) is 4.39 Å². The van der Waals surface area contributed by atoms with Gasteiger partial charge in [-0.15, -0.1) is 0 Å². The number of carbonyl (C=O) groups excluding carboxylic acids is 1. The van der Waals surface area contributed by atoms with Gasteiger partial charge in [0, 0.05) is 3.57 Å². The van der Waals surface area contributed by atoms with Crippen LogP contribution >= 0.6 is 45.2 Å². The Hall–Kier alpha value is -2.65. The number of amides is 1. The Morgan fingerprint density at radius 2 is 1.88 bits per heavy atom. The van der Waals surface area contributed by atoms with Crippen LogP contribution in [-0.2, 0) is 11.4 Å². The Kier molecular flexibility index (Phi) is 8.46. The molecule has 3 aromatic rings. The molecule has 0 heterocycles. The Labute approximate surface area is 212 Å². The van der Waals surface area contributed by atoms with Crippen molar-refractivity contribution in [2.24, 2.45) is 0 Å². The number of carbonyl (C=O) groups is 1. The summed E-state index contributed by atoms with van der Waals surface area (Å²) < 4.78 is 27.1. The zero-order valence-electron chi connectivity index (χ0n) is 16.9. The molecule has 0 atom stereocenters. The predicted molar refractivity (Wildman–Crippen MR) is 138 cm³/mol. The normalized spacial score (nSPS) is 10.9. The average Bonchev–Trinajstić information content (AvgIpc) is 2.79. The molecule has 0 aliphatic rings. The Balaban J connectivity index is 1.82. The third-order valence-electron chi connectivity index (χ3n) is 4.35. The quantitative estimate of drug-likeness (QED) is 0.188. The van der Waals surface area contributed by atoms with E-state index < -0.39 is 11.7 Å². The zero-order valence-corrected chi connectivity index (χ0v) is 21.2. The summed E-state index contributed by atoms with van der Waals surface area (Å²) in [5, 5.41) is 11.9. The van der Waals surface area contributed by atoms with Gasteiger partial charge in [0.2, 0.25) is 0 Å². The number of nitrogens with zero attached hydrogens (tertiary/aromatic N) is 1. The summed E-state index contributed by atoms with van der Waals surface area (Å²) in [5.74, 6) is -0.242. The molecule has 8 heteroatoms. The first-order valence-electron chi connectivity index (χ1n) is 9.33. The first kappa shape index (κ1) is 24.0. The average molecular weight is 654 g/mol. The van der Waals surface area contributed by atoms with E-state index in [1.54, 1.807) is 18.2 Å². The molecule has 5 nitrogen and oxygen atoms in total. The Morgan fingerprint density at radius 3 is 2.53 bits per heavy atom. The van der Waals surface area contributed by atoms with Crippen LogP contribution in [0.5, 0.6) is 11.5 Å². The fraction of sp³-hybridized carbons (Fsp3) is 0.0833. The molecule has 0 saturated carbocycles. The standard InChI is InChI=1S/C24H17FI2N2O3/c1-31-22-12-16(10-17(13-28)24(30)29-21-5-3-2-4-19(21)25)11-20(27)23(22)32-14-15-6-8-18(26)9-7-15/h2-12H,14H2,1H3,(H,29,30)/b17-10-. The number of ether oxygens (including phenoxy) is 2. The van der Waals surface area contributed by atoms with E-state index in [0.29, 0.717) is 23.7 Å². The van der Waals surface area contributed by atoms with Crippen molar-refractivity contribution in [1.82, 2.24) is 0 Å². The van der Waals surface area contributed by atoms with Crippen LogP contribution in [0.3, 0.4) is 0 Å². The number of hydrogen-bond acceptors (Lipinski definition) is 4. The molecular weight excluding hydrogens is 637 g/mol. The van der Waals surface area contributed by atoms with Gasteiger partial charge in [-0.05, 0) is 98.8 Å². The summed E-state index contributed by atoms with van der Waals surface area (Å²) in [6.45, 7) is 0.368. The zero-order chi connectivity index (χ0) is 23.1. The van der Waals surface area contributed by atoms with Gasteiger partial charge in [0.25, 0.3) is 5.91 Å². The molecule has 0 aliphatic carbocycles. The van der Waals surface area contributed by atoms with Crippen LogP contribution in [-0.4, -0.2) is 13.0 Å². The molecule has 0 fully saturated rings. The molecule has 3 rings (SSSR count). The third-order valence-corrected chi connectivity index (χ3v) is 5.87. The van der Waals surface area contributed by atoms with Crippen LogP contribution in [0.25, 0.3) is 6.08 Å². The van der Waals surface area contributed by atoms with Crippen molar-refractivity contribution in [1.29, 1.82) is 5.26 Å². The van der Waals surface area contributed by atoms with E-state index in [1.165, 1.54) is 31.4 Å². The SMILES string of the molecule is COc1cc(/C=C(/C#N)C(=O)Nc2ccccc2F)cc(I)c1OCc1ccc(I)cc1. The van der Waals surface area contributed by atoms with Gasteiger partial charge in [-0.1, -0.05) is 24.3 Å².